The summed E-state index contributed by atoms with van der Waals surface area (Å²) >= 11 is 6.30. The Kier molecular flexibility index (Phi) is 4.76. The maximum absolute atomic E-state index is 12.9. The molecule has 7 nitrogen and oxygen atoms in total. The number of fused-ring (bicyclic) bond motifs is 3. The topological polar surface area (TPSA) is 89.2 Å². The van der Waals surface area contributed by atoms with Gasteiger partial charge >= 0.3 is 5.97 Å². The normalized spacial score (nSPS) is 11.3. The number of anilines is 1. The summed E-state index contributed by atoms with van der Waals surface area (Å²) in [5, 5.41) is 19.6. The highest BCUT2D eigenvalue weighted by Gasteiger charge is 2.16. The van der Waals surface area contributed by atoms with E-state index >= 15 is 0 Å². The fourth-order valence-electron chi connectivity index (χ4n) is 3.78. The number of aryl methyl sites for hydroxylation is 2. The van der Waals surface area contributed by atoms with E-state index in [4.69, 9.17) is 11.6 Å². The fourth-order valence-corrected chi connectivity index (χ4v) is 4.03. The molecular weight excluding hydrogens is 392 g/mol. The Morgan fingerprint density at radius 2 is 1.97 bits per heavy atom. The molecule has 0 saturated heterocycles. The van der Waals surface area contributed by atoms with Crippen molar-refractivity contribution in [2.75, 3.05) is 11.9 Å². The van der Waals surface area contributed by atoms with Gasteiger partial charge in [-0.05, 0) is 36.2 Å². The summed E-state index contributed by atoms with van der Waals surface area (Å²) in [5.41, 5.74) is 2.27. The largest absolute Gasteiger partial charge is 0.478 e. The second kappa shape index (κ2) is 7.25. The zero-order chi connectivity index (χ0) is 20.7. The first-order valence-corrected chi connectivity index (χ1v) is 9.45. The molecule has 0 unspecified atom stereocenters. The van der Waals surface area contributed by atoms with Crippen LogP contribution in [0, 0.1) is 0 Å². The van der Waals surface area contributed by atoms with Crippen LogP contribution in [-0.2, 0) is 20.5 Å². The molecule has 2 aromatic carbocycles. The number of benzene rings is 2. The zero-order valence-electron chi connectivity index (χ0n) is 15.9. The van der Waals surface area contributed by atoms with Gasteiger partial charge in [0, 0.05) is 47.5 Å². The van der Waals surface area contributed by atoms with Gasteiger partial charge in [0.1, 0.15) is 5.65 Å². The summed E-state index contributed by atoms with van der Waals surface area (Å²) in [6.45, 7) is 0.483. The number of nitrogens with one attached hydrogen (secondary N) is 1. The number of pyridine rings is 1. The van der Waals surface area contributed by atoms with Crippen molar-refractivity contribution in [2.45, 2.75) is 6.42 Å². The monoisotopic (exact) mass is 410 g/mol. The van der Waals surface area contributed by atoms with E-state index in [1.165, 1.54) is 0 Å². The first-order chi connectivity index (χ1) is 13.9. The van der Waals surface area contributed by atoms with E-state index in [9.17, 15) is 14.7 Å². The maximum atomic E-state index is 12.9. The molecule has 0 aliphatic heterocycles. The van der Waals surface area contributed by atoms with E-state index in [2.05, 4.69) is 10.4 Å². The molecule has 2 heterocycles. The van der Waals surface area contributed by atoms with Gasteiger partial charge in [-0.25, -0.2) is 4.79 Å². The third kappa shape index (κ3) is 3.23. The molecule has 0 radical (unpaired) electrons. The Morgan fingerprint density at radius 1 is 1.21 bits per heavy atom. The lowest BCUT2D eigenvalue weighted by molar-refractivity contribution is 0.0698. The van der Waals surface area contributed by atoms with Crippen LogP contribution in [-0.4, -0.2) is 32.0 Å². The molecule has 0 bridgehead atoms. The number of hydrogen-bond donors (Lipinski definition) is 2. The first-order valence-electron chi connectivity index (χ1n) is 9.07. The molecule has 148 valence electrons. The van der Waals surface area contributed by atoms with Crippen LogP contribution in [0.25, 0.3) is 21.8 Å². The summed E-state index contributed by atoms with van der Waals surface area (Å²) in [6.07, 6.45) is 2.31. The molecule has 4 aromatic rings. The van der Waals surface area contributed by atoms with E-state index in [1.807, 2.05) is 6.07 Å². The smallest absolute Gasteiger partial charge is 0.337 e. The van der Waals surface area contributed by atoms with Crippen LogP contribution >= 0.6 is 11.6 Å². The molecule has 0 fully saturated rings. The minimum absolute atomic E-state index is 0.135. The van der Waals surface area contributed by atoms with Gasteiger partial charge < -0.3 is 10.4 Å². The number of aromatic nitrogens is 3. The third-order valence-electron chi connectivity index (χ3n) is 5.08. The SMILES string of the molecule is Cn1ncc2c3c(CCNc4ccccc4C(=O)O)cc(Cl)cc3c(=O)n(C)c21. The molecule has 0 amide bonds. The molecule has 0 atom stereocenters. The van der Waals surface area contributed by atoms with Gasteiger partial charge in [0.25, 0.3) is 5.56 Å². The quantitative estimate of drug-likeness (QED) is 0.526. The van der Waals surface area contributed by atoms with Gasteiger partial charge in [0.05, 0.1) is 11.8 Å². The van der Waals surface area contributed by atoms with Crippen molar-refractivity contribution in [1.82, 2.24) is 14.3 Å². The van der Waals surface area contributed by atoms with Crippen molar-refractivity contribution < 1.29 is 9.90 Å². The van der Waals surface area contributed by atoms with Gasteiger partial charge in [-0.15, -0.1) is 0 Å². The van der Waals surface area contributed by atoms with Crippen molar-refractivity contribution in [1.29, 1.82) is 0 Å². The Bertz CT molecular complexity index is 1320. The average molecular weight is 411 g/mol. The number of carbonyl (C=O) groups is 1. The van der Waals surface area contributed by atoms with Gasteiger partial charge in [-0.2, -0.15) is 5.10 Å². The van der Waals surface area contributed by atoms with E-state index in [0.717, 1.165) is 22.0 Å². The Hall–Kier alpha value is -3.32. The standard InChI is InChI=1S/C21H19ClN4O3/c1-25-19-16(11-24-26(19)2)18-12(9-13(22)10-15(18)20(25)27)7-8-23-17-6-4-3-5-14(17)21(28)29/h3-6,9-11,23H,7-8H2,1-2H3,(H,28,29). The highest BCUT2D eigenvalue weighted by Crippen LogP contribution is 2.29. The third-order valence-corrected chi connectivity index (χ3v) is 5.30. The van der Waals surface area contributed by atoms with Crippen LogP contribution in [0.1, 0.15) is 15.9 Å². The Morgan fingerprint density at radius 3 is 2.72 bits per heavy atom. The first kappa shape index (κ1) is 19.0. The lowest BCUT2D eigenvalue weighted by atomic mass is 10.0. The minimum atomic E-state index is -0.984. The number of nitrogens with zero attached hydrogens (tertiary/aromatic N) is 3. The van der Waals surface area contributed by atoms with E-state index in [-0.39, 0.29) is 11.1 Å². The van der Waals surface area contributed by atoms with Crippen molar-refractivity contribution >= 4 is 45.1 Å². The van der Waals surface area contributed by atoms with Crippen molar-refractivity contribution in [3.63, 3.8) is 0 Å². The van der Waals surface area contributed by atoms with E-state index in [1.54, 1.807) is 59.9 Å². The van der Waals surface area contributed by atoms with Crippen LogP contribution in [0.15, 0.2) is 47.4 Å². The highest BCUT2D eigenvalue weighted by molar-refractivity contribution is 6.31. The number of carboxylic acids is 1. The summed E-state index contributed by atoms with van der Waals surface area (Å²) < 4.78 is 3.25. The number of carboxylic acid groups (broad SMARTS) is 1. The highest BCUT2D eigenvalue weighted by atomic mass is 35.5. The lowest BCUT2D eigenvalue weighted by Gasteiger charge is -2.13. The van der Waals surface area contributed by atoms with Gasteiger partial charge in [0.2, 0.25) is 0 Å². The van der Waals surface area contributed by atoms with Gasteiger partial charge in [-0.1, -0.05) is 23.7 Å². The predicted molar refractivity (Wildman–Crippen MR) is 114 cm³/mol. The number of hydrogen-bond acceptors (Lipinski definition) is 4. The molecule has 0 spiro atoms. The molecule has 0 aliphatic carbocycles. The van der Waals surface area contributed by atoms with Crippen molar-refractivity contribution in [2.24, 2.45) is 14.1 Å². The maximum Gasteiger partial charge on any atom is 0.337 e. The molecule has 2 aromatic heterocycles. The summed E-state index contributed by atoms with van der Waals surface area (Å²) in [6, 6.07) is 10.3. The van der Waals surface area contributed by atoms with Crippen LogP contribution in [0.4, 0.5) is 5.69 Å². The number of para-hydroxylation sites is 1. The van der Waals surface area contributed by atoms with Crippen molar-refractivity contribution in [3.8, 4) is 0 Å². The second-order valence-electron chi connectivity index (χ2n) is 6.88. The van der Waals surface area contributed by atoms with E-state index in [0.29, 0.717) is 29.1 Å². The fraction of sp³-hybridized carbons (Fsp3) is 0.190. The van der Waals surface area contributed by atoms with Crippen molar-refractivity contribution in [3.05, 3.63) is 69.1 Å². The van der Waals surface area contributed by atoms with Gasteiger partial charge in [0.15, 0.2) is 0 Å². The number of rotatable bonds is 5. The number of aromatic carboxylic acids is 1. The lowest BCUT2D eigenvalue weighted by Crippen LogP contribution is -2.19. The molecule has 0 saturated carbocycles. The predicted octanol–water partition coefficient (Wildman–Crippen LogP) is 3.43. The van der Waals surface area contributed by atoms with Crippen LogP contribution < -0.4 is 10.9 Å². The average Bonchev–Trinajstić information content (AvgIpc) is 3.07. The summed E-state index contributed by atoms with van der Waals surface area (Å²) in [5.74, 6) is -0.984. The zero-order valence-corrected chi connectivity index (χ0v) is 16.7. The molecule has 4 rings (SSSR count). The van der Waals surface area contributed by atoms with Crippen LogP contribution in [0.5, 0.6) is 0 Å². The van der Waals surface area contributed by atoms with Crippen LogP contribution in [0.3, 0.4) is 0 Å². The summed E-state index contributed by atoms with van der Waals surface area (Å²) in [4.78, 5) is 24.3. The van der Waals surface area contributed by atoms with E-state index < -0.39 is 5.97 Å². The second-order valence-corrected chi connectivity index (χ2v) is 7.32. The molecule has 29 heavy (non-hydrogen) atoms. The Labute approximate surface area is 171 Å². The molecule has 8 heteroatoms. The molecular formula is C21H19ClN4O3. The Balaban J connectivity index is 1.77. The molecule has 0 aliphatic rings. The molecule has 2 N–H and O–H groups in total. The van der Waals surface area contributed by atoms with Crippen LogP contribution in [0.2, 0.25) is 5.02 Å². The van der Waals surface area contributed by atoms with Gasteiger partial charge in [-0.3, -0.25) is 14.0 Å². The minimum Gasteiger partial charge on any atom is -0.478 e. The summed E-state index contributed by atoms with van der Waals surface area (Å²) in [7, 11) is 3.52. The number of halogens is 1.